The summed E-state index contributed by atoms with van der Waals surface area (Å²) in [6, 6.07) is 12.6. The monoisotopic (exact) mass is 397 g/mol. The van der Waals surface area contributed by atoms with Crippen LogP contribution in [-0.2, 0) is 19.6 Å². The SMILES string of the molecule is COC(=O)[C@@H](CNS(=O)(=O)c1ccc(C)cc1)[C@@H](O)c1ccc(Cl)cc1. The van der Waals surface area contributed by atoms with Crippen molar-refractivity contribution in [3.63, 3.8) is 0 Å². The van der Waals surface area contributed by atoms with Gasteiger partial charge in [-0.05, 0) is 36.8 Å². The number of hydrogen-bond donors (Lipinski definition) is 2. The number of carbonyl (C=O) groups excluding carboxylic acids is 1. The zero-order valence-electron chi connectivity index (χ0n) is 14.3. The van der Waals surface area contributed by atoms with Crippen molar-refractivity contribution in [3.8, 4) is 0 Å². The summed E-state index contributed by atoms with van der Waals surface area (Å²) < 4.78 is 31.9. The number of hydrogen-bond acceptors (Lipinski definition) is 5. The largest absolute Gasteiger partial charge is 0.469 e. The van der Waals surface area contributed by atoms with Gasteiger partial charge in [-0.1, -0.05) is 41.4 Å². The molecule has 26 heavy (non-hydrogen) atoms. The molecule has 0 aliphatic rings. The molecule has 2 N–H and O–H groups in total. The number of aryl methyl sites for hydroxylation is 1. The Labute approximate surface area is 157 Å². The van der Waals surface area contributed by atoms with Crippen LogP contribution >= 0.6 is 11.6 Å². The molecule has 0 aliphatic carbocycles. The van der Waals surface area contributed by atoms with Gasteiger partial charge in [0.15, 0.2) is 0 Å². The van der Waals surface area contributed by atoms with Gasteiger partial charge in [0, 0.05) is 11.6 Å². The summed E-state index contributed by atoms with van der Waals surface area (Å²) in [6.07, 6.45) is -1.25. The average molecular weight is 398 g/mol. The summed E-state index contributed by atoms with van der Waals surface area (Å²) in [4.78, 5) is 12.1. The number of aliphatic hydroxyl groups is 1. The molecule has 0 aliphatic heterocycles. The Morgan fingerprint density at radius 3 is 2.27 bits per heavy atom. The first-order valence-corrected chi connectivity index (χ1v) is 9.68. The molecular formula is C18H20ClNO5S. The fourth-order valence-corrected chi connectivity index (χ4v) is 3.55. The highest BCUT2D eigenvalue weighted by atomic mass is 35.5. The standard InChI is InChI=1S/C18H20ClNO5S/c1-12-3-9-15(10-4-12)26(23,24)20-11-16(18(22)25-2)17(21)13-5-7-14(19)8-6-13/h3-10,16-17,20-21H,11H2,1-2H3/t16-,17-/m0/s1. The van der Waals surface area contributed by atoms with Crippen LogP contribution in [-0.4, -0.2) is 33.1 Å². The van der Waals surface area contributed by atoms with Gasteiger partial charge in [0.25, 0.3) is 0 Å². The van der Waals surface area contributed by atoms with Crippen LogP contribution in [0.2, 0.25) is 5.02 Å². The van der Waals surface area contributed by atoms with Gasteiger partial charge < -0.3 is 9.84 Å². The average Bonchev–Trinajstić information content (AvgIpc) is 2.62. The fourth-order valence-electron chi connectivity index (χ4n) is 2.37. The number of benzene rings is 2. The molecule has 0 saturated carbocycles. The molecule has 0 spiro atoms. The van der Waals surface area contributed by atoms with Crippen molar-refractivity contribution in [1.29, 1.82) is 0 Å². The van der Waals surface area contributed by atoms with Crippen LogP contribution in [0.1, 0.15) is 17.2 Å². The molecule has 140 valence electrons. The molecule has 0 saturated heterocycles. The molecule has 6 nitrogen and oxygen atoms in total. The summed E-state index contributed by atoms with van der Waals surface area (Å²) in [7, 11) is -2.65. The second kappa shape index (κ2) is 8.64. The smallest absolute Gasteiger partial charge is 0.313 e. The van der Waals surface area contributed by atoms with E-state index in [2.05, 4.69) is 4.72 Å². The van der Waals surface area contributed by atoms with Crippen molar-refractivity contribution in [2.24, 2.45) is 5.92 Å². The first-order valence-electron chi connectivity index (χ1n) is 7.82. The molecule has 2 atom stereocenters. The third-order valence-corrected chi connectivity index (χ3v) is 5.61. The lowest BCUT2D eigenvalue weighted by atomic mass is 9.96. The van der Waals surface area contributed by atoms with E-state index in [0.717, 1.165) is 5.56 Å². The van der Waals surface area contributed by atoms with Crippen LogP contribution < -0.4 is 4.72 Å². The number of ether oxygens (including phenoxy) is 1. The number of nitrogens with one attached hydrogen (secondary N) is 1. The highest BCUT2D eigenvalue weighted by Crippen LogP contribution is 2.25. The molecule has 2 rings (SSSR count). The van der Waals surface area contributed by atoms with Crippen LogP contribution in [0.25, 0.3) is 0 Å². The second-order valence-corrected chi connectivity index (χ2v) is 7.99. The number of carbonyl (C=O) groups is 1. The van der Waals surface area contributed by atoms with E-state index in [1.165, 1.54) is 19.2 Å². The Kier molecular flexibility index (Phi) is 6.77. The van der Waals surface area contributed by atoms with Crippen LogP contribution in [0.3, 0.4) is 0 Å². The second-order valence-electron chi connectivity index (χ2n) is 5.79. The van der Waals surface area contributed by atoms with Crippen LogP contribution in [0.15, 0.2) is 53.4 Å². The summed E-state index contributed by atoms with van der Waals surface area (Å²) in [5, 5.41) is 11.0. The van der Waals surface area contributed by atoms with Crippen LogP contribution in [0.5, 0.6) is 0 Å². The van der Waals surface area contributed by atoms with Crippen molar-refractivity contribution in [1.82, 2.24) is 4.72 Å². The van der Waals surface area contributed by atoms with E-state index in [1.54, 1.807) is 36.4 Å². The highest BCUT2D eigenvalue weighted by Gasteiger charge is 2.30. The van der Waals surface area contributed by atoms with Crippen molar-refractivity contribution in [3.05, 3.63) is 64.7 Å². The zero-order valence-corrected chi connectivity index (χ0v) is 15.9. The van der Waals surface area contributed by atoms with E-state index in [9.17, 15) is 18.3 Å². The first-order chi connectivity index (χ1) is 12.2. The van der Waals surface area contributed by atoms with Crippen molar-refractivity contribution < 1.29 is 23.1 Å². The number of methoxy groups -OCH3 is 1. The molecule has 8 heteroatoms. The summed E-state index contributed by atoms with van der Waals surface area (Å²) >= 11 is 5.82. The number of aliphatic hydroxyl groups excluding tert-OH is 1. The van der Waals surface area contributed by atoms with E-state index in [0.29, 0.717) is 10.6 Å². The van der Waals surface area contributed by atoms with E-state index < -0.39 is 28.0 Å². The summed E-state index contributed by atoms with van der Waals surface area (Å²) in [5.74, 6) is -1.83. The van der Waals surface area contributed by atoms with Gasteiger partial charge in [-0.15, -0.1) is 0 Å². The minimum atomic E-state index is -3.83. The number of halogens is 1. The Morgan fingerprint density at radius 2 is 1.73 bits per heavy atom. The summed E-state index contributed by atoms with van der Waals surface area (Å²) in [5.41, 5.74) is 1.36. The molecule has 0 aromatic heterocycles. The van der Waals surface area contributed by atoms with Crippen LogP contribution in [0.4, 0.5) is 0 Å². The molecular weight excluding hydrogens is 378 g/mol. The third kappa shape index (κ3) is 5.04. The Hall–Kier alpha value is -1.93. The van der Waals surface area contributed by atoms with E-state index >= 15 is 0 Å². The van der Waals surface area contributed by atoms with E-state index in [4.69, 9.17) is 16.3 Å². The first kappa shape index (κ1) is 20.4. The number of sulfonamides is 1. The normalized spacial score (nSPS) is 13.8. The van der Waals surface area contributed by atoms with Gasteiger partial charge in [0.05, 0.1) is 18.1 Å². The molecule has 0 radical (unpaired) electrons. The lowest BCUT2D eigenvalue weighted by Crippen LogP contribution is -2.37. The molecule has 0 bridgehead atoms. The number of esters is 1. The lowest BCUT2D eigenvalue weighted by molar-refractivity contribution is -0.149. The van der Waals surface area contributed by atoms with Gasteiger partial charge in [0.2, 0.25) is 10.0 Å². The molecule has 0 fully saturated rings. The minimum absolute atomic E-state index is 0.0766. The van der Waals surface area contributed by atoms with E-state index in [-0.39, 0.29) is 11.4 Å². The van der Waals surface area contributed by atoms with Crippen LogP contribution in [0, 0.1) is 12.8 Å². The van der Waals surface area contributed by atoms with Crippen molar-refractivity contribution in [2.45, 2.75) is 17.9 Å². The zero-order chi connectivity index (χ0) is 19.3. The Balaban J connectivity index is 2.18. The molecule has 0 unspecified atom stereocenters. The number of rotatable bonds is 7. The Morgan fingerprint density at radius 1 is 1.15 bits per heavy atom. The quantitative estimate of drug-likeness (QED) is 0.700. The predicted octanol–water partition coefficient (Wildman–Crippen LogP) is 2.45. The maximum Gasteiger partial charge on any atom is 0.313 e. The van der Waals surface area contributed by atoms with Gasteiger partial charge in [-0.25, -0.2) is 13.1 Å². The van der Waals surface area contributed by atoms with E-state index in [1.807, 2.05) is 6.92 Å². The maximum atomic E-state index is 12.4. The maximum absolute atomic E-state index is 12.4. The van der Waals surface area contributed by atoms with Crippen molar-refractivity contribution in [2.75, 3.05) is 13.7 Å². The molecule has 0 amide bonds. The predicted molar refractivity (Wildman–Crippen MR) is 98.3 cm³/mol. The van der Waals surface area contributed by atoms with Gasteiger partial charge >= 0.3 is 5.97 Å². The Bertz CT molecular complexity index is 850. The van der Waals surface area contributed by atoms with Gasteiger partial charge in [-0.2, -0.15) is 0 Å². The van der Waals surface area contributed by atoms with Gasteiger partial charge in [0.1, 0.15) is 5.92 Å². The fraction of sp³-hybridized carbons (Fsp3) is 0.278. The molecule has 2 aromatic carbocycles. The van der Waals surface area contributed by atoms with Gasteiger partial charge in [-0.3, -0.25) is 4.79 Å². The lowest BCUT2D eigenvalue weighted by Gasteiger charge is -2.21. The summed E-state index contributed by atoms with van der Waals surface area (Å²) in [6.45, 7) is 1.53. The molecule has 2 aromatic rings. The minimum Gasteiger partial charge on any atom is -0.469 e. The molecule has 0 heterocycles. The van der Waals surface area contributed by atoms with Crippen molar-refractivity contribution >= 4 is 27.6 Å². The topological polar surface area (TPSA) is 92.7 Å². The highest BCUT2D eigenvalue weighted by molar-refractivity contribution is 7.89. The third-order valence-electron chi connectivity index (χ3n) is 3.92.